The number of likely N-dealkylation sites (tertiary alicyclic amines) is 1. The zero-order valence-corrected chi connectivity index (χ0v) is 19.8. The van der Waals surface area contributed by atoms with Gasteiger partial charge in [0.05, 0.1) is 18.2 Å². The van der Waals surface area contributed by atoms with Gasteiger partial charge in [-0.25, -0.2) is 0 Å². The fraction of sp³-hybridized carbons (Fsp3) is 0.333. The lowest BCUT2D eigenvalue weighted by Crippen LogP contribution is -2.31. The molecule has 178 valence electrons. The van der Waals surface area contributed by atoms with Gasteiger partial charge in [-0.2, -0.15) is 0 Å². The predicted octanol–water partition coefficient (Wildman–Crippen LogP) is 4.43. The number of hydrogen-bond donors (Lipinski definition) is 1. The van der Waals surface area contributed by atoms with E-state index in [1.54, 1.807) is 36.3 Å². The minimum Gasteiger partial charge on any atom is -0.507 e. The maximum atomic E-state index is 13.2. The Morgan fingerprint density at radius 2 is 1.79 bits per heavy atom. The van der Waals surface area contributed by atoms with Crippen molar-refractivity contribution in [3.63, 3.8) is 0 Å². The van der Waals surface area contributed by atoms with Crippen LogP contribution in [0, 0.1) is 0 Å². The Hall–Kier alpha value is -3.58. The summed E-state index contributed by atoms with van der Waals surface area (Å²) in [5, 5.41) is 12.2. The van der Waals surface area contributed by atoms with Gasteiger partial charge in [0.15, 0.2) is 0 Å². The maximum Gasteiger partial charge on any atom is 0.295 e. The zero-order valence-electron chi connectivity index (χ0n) is 19.8. The lowest BCUT2D eigenvalue weighted by Gasteiger charge is -2.24. The number of ketones is 1. The first kappa shape index (κ1) is 23.6. The summed E-state index contributed by atoms with van der Waals surface area (Å²) in [5.41, 5.74) is 2.35. The van der Waals surface area contributed by atoms with Crippen LogP contribution in [0.3, 0.4) is 0 Å². The van der Waals surface area contributed by atoms with E-state index in [1.165, 1.54) is 0 Å². The van der Waals surface area contributed by atoms with E-state index in [2.05, 4.69) is 0 Å². The van der Waals surface area contributed by atoms with E-state index in [0.717, 1.165) is 22.9 Å². The largest absolute Gasteiger partial charge is 0.507 e. The normalized spacial score (nSPS) is 17.6. The first-order valence-corrected chi connectivity index (χ1v) is 11.5. The molecule has 4 rings (SSSR count). The van der Waals surface area contributed by atoms with Crippen molar-refractivity contribution in [1.29, 1.82) is 0 Å². The molecule has 1 aromatic heterocycles. The van der Waals surface area contributed by atoms with Crippen LogP contribution in [0.2, 0.25) is 0 Å². The molecule has 2 aromatic carbocycles. The maximum absolute atomic E-state index is 13.2. The first-order chi connectivity index (χ1) is 16.5. The molecule has 1 saturated heterocycles. The molecular formula is C27H30N2O5. The van der Waals surface area contributed by atoms with Gasteiger partial charge >= 0.3 is 0 Å². The van der Waals surface area contributed by atoms with Crippen molar-refractivity contribution in [2.24, 2.45) is 7.05 Å². The van der Waals surface area contributed by atoms with Gasteiger partial charge in [-0.15, -0.1) is 0 Å². The van der Waals surface area contributed by atoms with E-state index >= 15 is 0 Å². The van der Waals surface area contributed by atoms with Gasteiger partial charge in [-0.3, -0.25) is 9.59 Å². The monoisotopic (exact) mass is 462 g/mol. The zero-order chi connectivity index (χ0) is 24.2. The van der Waals surface area contributed by atoms with Crippen LogP contribution < -0.4 is 4.74 Å². The number of nitrogens with zero attached hydrogens (tertiary/aromatic N) is 2. The summed E-state index contributed by atoms with van der Waals surface area (Å²) in [6, 6.07) is 14.1. The number of Topliss-reactive ketones (excluding diaryl/α,β-unsaturated/α-hetero) is 1. The molecule has 1 aliphatic rings. The number of carbonyl (C=O) groups excluding carboxylic acids is 2. The standard InChI is InChI=1S/C27H30N2O5/c1-4-15-34-19-12-10-18(11-13-19)25(30)23-24(29(14-7-16-33-3)27(32)26(23)31)21-17-28(2)22-9-6-5-8-20(21)22/h5-6,8-13,17,24,30H,4,7,14-16H2,1-3H3/b25-23+. The number of methoxy groups -OCH3 is 1. The van der Waals surface area contributed by atoms with Gasteiger partial charge in [0.2, 0.25) is 0 Å². The van der Waals surface area contributed by atoms with Crippen LogP contribution in [0.1, 0.15) is 36.9 Å². The number of amides is 1. The Bertz CT molecular complexity index is 1230. The Kier molecular flexibility index (Phi) is 7.03. The second-order valence-electron chi connectivity index (χ2n) is 8.42. The number of rotatable bonds is 9. The number of fused-ring (bicyclic) bond motifs is 1. The van der Waals surface area contributed by atoms with Crippen molar-refractivity contribution in [2.45, 2.75) is 25.8 Å². The molecule has 0 radical (unpaired) electrons. The lowest BCUT2D eigenvalue weighted by molar-refractivity contribution is -0.140. The van der Waals surface area contributed by atoms with E-state index < -0.39 is 17.7 Å². The Morgan fingerprint density at radius 3 is 2.50 bits per heavy atom. The predicted molar refractivity (Wildman–Crippen MR) is 131 cm³/mol. The summed E-state index contributed by atoms with van der Waals surface area (Å²) < 4.78 is 12.8. The lowest BCUT2D eigenvalue weighted by atomic mass is 9.95. The Balaban J connectivity index is 1.83. The summed E-state index contributed by atoms with van der Waals surface area (Å²) in [6.45, 7) is 3.43. The summed E-state index contributed by atoms with van der Waals surface area (Å²) in [5.74, 6) is -0.797. The van der Waals surface area contributed by atoms with Crippen LogP contribution in [0.15, 0.2) is 60.3 Å². The molecule has 1 amide bonds. The van der Waals surface area contributed by atoms with Gasteiger partial charge in [-0.1, -0.05) is 25.1 Å². The van der Waals surface area contributed by atoms with Crippen LogP contribution in [-0.2, 0) is 21.4 Å². The minimum atomic E-state index is -0.695. The molecular weight excluding hydrogens is 432 g/mol. The van der Waals surface area contributed by atoms with E-state index in [-0.39, 0.29) is 11.3 Å². The fourth-order valence-corrected chi connectivity index (χ4v) is 4.49. The van der Waals surface area contributed by atoms with E-state index in [1.807, 2.05) is 49.0 Å². The van der Waals surface area contributed by atoms with Crippen molar-refractivity contribution in [1.82, 2.24) is 9.47 Å². The molecule has 1 aliphatic heterocycles. The van der Waals surface area contributed by atoms with Crippen molar-refractivity contribution < 1.29 is 24.2 Å². The van der Waals surface area contributed by atoms with E-state index in [0.29, 0.717) is 37.5 Å². The number of hydrogen-bond acceptors (Lipinski definition) is 5. The van der Waals surface area contributed by atoms with Crippen LogP contribution in [0.5, 0.6) is 5.75 Å². The average Bonchev–Trinajstić information content (AvgIpc) is 3.31. The highest BCUT2D eigenvalue weighted by atomic mass is 16.5. The molecule has 2 heterocycles. The SMILES string of the molecule is CCCOc1ccc(/C(O)=C2\C(=O)C(=O)N(CCCOC)C2c2cn(C)c3ccccc23)cc1. The first-order valence-electron chi connectivity index (χ1n) is 11.5. The molecule has 0 saturated carbocycles. The van der Waals surface area contributed by atoms with Crippen LogP contribution in [0.4, 0.5) is 0 Å². The van der Waals surface area contributed by atoms with Gasteiger partial charge in [0, 0.05) is 55.5 Å². The third-order valence-electron chi connectivity index (χ3n) is 6.11. The van der Waals surface area contributed by atoms with E-state index in [9.17, 15) is 14.7 Å². The van der Waals surface area contributed by atoms with Crippen molar-refractivity contribution in [3.05, 3.63) is 71.4 Å². The molecule has 1 atom stereocenters. The molecule has 1 N–H and O–H groups in total. The minimum absolute atomic E-state index is 0.0981. The highest BCUT2D eigenvalue weighted by Crippen LogP contribution is 2.42. The van der Waals surface area contributed by atoms with E-state index in [4.69, 9.17) is 9.47 Å². The molecule has 0 spiro atoms. The number of aromatic nitrogens is 1. The second-order valence-corrected chi connectivity index (χ2v) is 8.42. The number of para-hydroxylation sites is 1. The quantitative estimate of drug-likeness (QED) is 0.220. The van der Waals surface area contributed by atoms with Crippen LogP contribution in [0.25, 0.3) is 16.7 Å². The smallest absolute Gasteiger partial charge is 0.295 e. The Morgan fingerprint density at radius 1 is 1.06 bits per heavy atom. The third kappa shape index (κ3) is 4.31. The van der Waals surface area contributed by atoms with Crippen LogP contribution in [-0.4, -0.2) is 53.1 Å². The van der Waals surface area contributed by atoms with Crippen molar-refractivity contribution >= 4 is 28.4 Å². The summed E-state index contributed by atoms with van der Waals surface area (Å²) in [4.78, 5) is 27.9. The molecule has 3 aromatic rings. The summed E-state index contributed by atoms with van der Waals surface area (Å²) >= 11 is 0. The molecule has 1 fully saturated rings. The molecule has 34 heavy (non-hydrogen) atoms. The van der Waals surface area contributed by atoms with Crippen molar-refractivity contribution in [3.8, 4) is 5.75 Å². The molecule has 0 bridgehead atoms. The number of aliphatic hydroxyl groups excluding tert-OH is 1. The summed E-state index contributed by atoms with van der Waals surface area (Å²) in [7, 11) is 3.53. The highest BCUT2D eigenvalue weighted by molar-refractivity contribution is 6.46. The van der Waals surface area contributed by atoms with Gasteiger partial charge < -0.3 is 24.0 Å². The number of carbonyl (C=O) groups is 2. The average molecular weight is 463 g/mol. The number of ether oxygens (including phenoxy) is 2. The van der Waals surface area contributed by atoms with Crippen molar-refractivity contribution in [2.75, 3.05) is 26.9 Å². The number of benzene rings is 2. The summed E-state index contributed by atoms with van der Waals surface area (Å²) in [6.07, 6.45) is 3.40. The number of aryl methyl sites for hydroxylation is 1. The third-order valence-corrected chi connectivity index (χ3v) is 6.11. The van der Waals surface area contributed by atoms with Crippen LogP contribution >= 0.6 is 0 Å². The molecule has 0 aliphatic carbocycles. The molecule has 7 nitrogen and oxygen atoms in total. The Labute approximate surface area is 199 Å². The van der Waals surface area contributed by atoms with Gasteiger partial charge in [0.1, 0.15) is 11.5 Å². The molecule has 1 unspecified atom stereocenters. The van der Waals surface area contributed by atoms with Gasteiger partial charge in [-0.05, 0) is 43.2 Å². The number of aliphatic hydroxyl groups is 1. The topological polar surface area (TPSA) is 81.0 Å². The highest BCUT2D eigenvalue weighted by Gasteiger charge is 2.46. The molecule has 7 heteroatoms. The second kappa shape index (κ2) is 10.1. The van der Waals surface area contributed by atoms with Gasteiger partial charge in [0.25, 0.3) is 11.7 Å². The fourth-order valence-electron chi connectivity index (χ4n) is 4.49.